The summed E-state index contributed by atoms with van der Waals surface area (Å²) in [6.07, 6.45) is -2.93. The van der Waals surface area contributed by atoms with Gasteiger partial charge in [-0.3, -0.25) is 9.59 Å². The molecule has 26 heavy (non-hydrogen) atoms. The summed E-state index contributed by atoms with van der Waals surface area (Å²) in [5, 5.41) is 5.27. The first kappa shape index (κ1) is 20.2. The lowest BCUT2D eigenvalue weighted by Gasteiger charge is -2.32. The van der Waals surface area contributed by atoms with Gasteiger partial charge in [0.1, 0.15) is 0 Å². The average Bonchev–Trinajstić information content (AvgIpc) is 2.59. The van der Waals surface area contributed by atoms with Crippen LogP contribution in [0.5, 0.6) is 0 Å². The molecule has 0 radical (unpaired) electrons. The zero-order valence-electron chi connectivity index (χ0n) is 14.7. The molecule has 2 rings (SSSR count). The zero-order chi connectivity index (χ0) is 19.3. The van der Waals surface area contributed by atoms with Gasteiger partial charge in [-0.15, -0.1) is 0 Å². The summed E-state index contributed by atoms with van der Waals surface area (Å²) < 4.78 is 43.2. The lowest BCUT2D eigenvalue weighted by Crippen LogP contribution is -2.46. The van der Waals surface area contributed by atoms with Crippen LogP contribution in [0.25, 0.3) is 0 Å². The van der Waals surface area contributed by atoms with Crippen molar-refractivity contribution in [2.24, 2.45) is 5.92 Å². The molecule has 1 aliphatic rings. The highest BCUT2D eigenvalue weighted by molar-refractivity contribution is 5.96. The number of benzene rings is 1. The normalized spacial score (nSPS) is 20.7. The Balaban J connectivity index is 1.80. The first-order valence-corrected chi connectivity index (χ1v) is 8.53. The largest absolute Gasteiger partial charge is 0.416 e. The van der Waals surface area contributed by atoms with E-state index < -0.39 is 17.6 Å². The van der Waals surface area contributed by atoms with Crippen molar-refractivity contribution < 1.29 is 27.5 Å². The SMILES string of the molecule is CC(C)[C@@H]1C[C@H](NC(=O)CNC(=O)c2ccc(C(F)(F)F)cc2)CCO1. The lowest BCUT2D eigenvalue weighted by atomic mass is 9.95. The number of carbonyl (C=O) groups is 2. The van der Waals surface area contributed by atoms with Gasteiger partial charge in [0, 0.05) is 18.2 Å². The first-order valence-electron chi connectivity index (χ1n) is 8.53. The Kier molecular flexibility index (Phi) is 6.63. The van der Waals surface area contributed by atoms with Crippen LogP contribution in [0.2, 0.25) is 0 Å². The predicted molar refractivity (Wildman–Crippen MR) is 89.5 cm³/mol. The minimum Gasteiger partial charge on any atom is -0.378 e. The van der Waals surface area contributed by atoms with Crippen molar-refractivity contribution in [3.63, 3.8) is 0 Å². The number of carbonyl (C=O) groups excluding carboxylic acids is 2. The van der Waals surface area contributed by atoms with Gasteiger partial charge < -0.3 is 15.4 Å². The molecule has 2 atom stereocenters. The second-order valence-corrected chi connectivity index (χ2v) is 6.70. The summed E-state index contributed by atoms with van der Waals surface area (Å²) in [5.41, 5.74) is -0.761. The highest BCUT2D eigenvalue weighted by Crippen LogP contribution is 2.29. The van der Waals surface area contributed by atoms with E-state index in [1.807, 2.05) is 0 Å². The quantitative estimate of drug-likeness (QED) is 0.835. The Morgan fingerprint density at radius 1 is 1.23 bits per heavy atom. The number of hydrogen-bond acceptors (Lipinski definition) is 3. The average molecular weight is 372 g/mol. The van der Waals surface area contributed by atoms with E-state index in [0.717, 1.165) is 30.7 Å². The van der Waals surface area contributed by atoms with Crippen LogP contribution < -0.4 is 10.6 Å². The van der Waals surface area contributed by atoms with Gasteiger partial charge in [-0.1, -0.05) is 13.8 Å². The molecule has 0 bridgehead atoms. The molecule has 0 unspecified atom stereocenters. The molecule has 0 spiro atoms. The highest BCUT2D eigenvalue weighted by atomic mass is 19.4. The second-order valence-electron chi connectivity index (χ2n) is 6.70. The molecular formula is C18H23F3N2O3. The molecule has 2 N–H and O–H groups in total. The van der Waals surface area contributed by atoms with Gasteiger partial charge in [0.2, 0.25) is 5.91 Å². The smallest absolute Gasteiger partial charge is 0.378 e. The molecule has 1 fully saturated rings. The van der Waals surface area contributed by atoms with Crippen LogP contribution in [-0.2, 0) is 15.7 Å². The maximum Gasteiger partial charge on any atom is 0.416 e. The molecule has 1 aromatic carbocycles. The Hall–Kier alpha value is -2.09. The molecule has 0 saturated carbocycles. The fraction of sp³-hybridized carbons (Fsp3) is 0.556. The number of nitrogens with one attached hydrogen (secondary N) is 2. The Bertz CT molecular complexity index is 630. The Labute approximate surface area is 150 Å². The van der Waals surface area contributed by atoms with E-state index in [2.05, 4.69) is 24.5 Å². The van der Waals surface area contributed by atoms with E-state index >= 15 is 0 Å². The van der Waals surface area contributed by atoms with Crippen molar-refractivity contribution in [1.82, 2.24) is 10.6 Å². The third-order valence-corrected chi connectivity index (χ3v) is 4.31. The standard InChI is InChI=1S/C18H23F3N2O3/c1-11(2)15-9-14(7-8-26-15)23-16(24)10-22-17(25)12-3-5-13(6-4-12)18(19,20)21/h3-6,11,14-15H,7-10H2,1-2H3,(H,22,25)(H,23,24)/t14-,15+/m1/s1. The van der Waals surface area contributed by atoms with E-state index in [0.29, 0.717) is 18.9 Å². The van der Waals surface area contributed by atoms with Crippen LogP contribution in [0.1, 0.15) is 42.6 Å². The van der Waals surface area contributed by atoms with Gasteiger partial charge in [0.15, 0.2) is 0 Å². The number of alkyl halides is 3. The van der Waals surface area contributed by atoms with Crippen LogP contribution in [0.15, 0.2) is 24.3 Å². The van der Waals surface area contributed by atoms with Crippen LogP contribution in [0.3, 0.4) is 0 Å². The fourth-order valence-electron chi connectivity index (χ4n) is 2.78. The molecule has 144 valence electrons. The van der Waals surface area contributed by atoms with Crippen LogP contribution in [0, 0.1) is 5.92 Å². The van der Waals surface area contributed by atoms with E-state index in [9.17, 15) is 22.8 Å². The summed E-state index contributed by atoms with van der Waals surface area (Å²) >= 11 is 0. The molecule has 2 amide bonds. The second kappa shape index (κ2) is 8.53. The zero-order valence-corrected chi connectivity index (χ0v) is 14.7. The predicted octanol–water partition coefficient (Wildman–Crippen LogP) is 2.76. The molecule has 1 aliphatic heterocycles. The third kappa shape index (κ3) is 5.72. The van der Waals surface area contributed by atoms with Gasteiger partial charge in [0.05, 0.1) is 18.2 Å². The topological polar surface area (TPSA) is 67.4 Å². The van der Waals surface area contributed by atoms with E-state index in [1.165, 1.54) is 0 Å². The number of rotatable bonds is 5. The van der Waals surface area contributed by atoms with Crippen molar-refractivity contribution in [3.05, 3.63) is 35.4 Å². The van der Waals surface area contributed by atoms with Crippen LogP contribution in [-0.4, -0.2) is 37.1 Å². The first-order chi connectivity index (χ1) is 12.2. The summed E-state index contributed by atoms with van der Waals surface area (Å²) in [5.74, 6) is -0.574. The van der Waals surface area contributed by atoms with Crippen LogP contribution >= 0.6 is 0 Å². The highest BCUT2D eigenvalue weighted by Gasteiger charge is 2.30. The van der Waals surface area contributed by atoms with Crippen LogP contribution in [0.4, 0.5) is 13.2 Å². The summed E-state index contributed by atoms with van der Waals surface area (Å²) in [4.78, 5) is 23.9. The van der Waals surface area contributed by atoms with Gasteiger partial charge in [-0.2, -0.15) is 13.2 Å². The monoisotopic (exact) mass is 372 g/mol. The molecule has 5 nitrogen and oxygen atoms in total. The van der Waals surface area contributed by atoms with Crippen molar-refractivity contribution in [2.75, 3.05) is 13.2 Å². The Morgan fingerprint density at radius 2 is 1.88 bits per heavy atom. The fourth-order valence-corrected chi connectivity index (χ4v) is 2.78. The summed E-state index contributed by atoms with van der Waals surface area (Å²) in [6.45, 7) is 4.45. The molecular weight excluding hydrogens is 349 g/mol. The van der Waals surface area contributed by atoms with E-state index in [4.69, 9.17) is 4.74 Å². The minimum absolute atomic E-state index is 0.00776. The maximum absolute atomic E-state index is 12.5. The molecule has 1 aromatic rings. The molecule has 1 heterocycles. The molecule has 0 aromatic heterocycles. The van der Waals surface area contributed by atoms with Crippen molar-refractivity contribution in [1.29, 1.82) is 0 Å². The van der Waals surface area contributed by atoms with E-state index in [-0.39, 0.29) is 30.2 Å². The number of amides is 2. The van der Waals surface area contributed by atoms with Gasteiger partial charge >= 0.3 is 6.18 Å². The Morgan fingerprint density at radius 3 is 2.46 bits per heavy atom. The third-order valence-electron chi connectivity index (χ3n) is 4.31. The minimum atomic E-state index is -4.45. The van der Waals surface area contributed by atoms with Gasteiger partial charge in [-0.05, 0) is 43.0 Å². The van der Waals surface area contributed by atoms with Crippen molar-refractivity contribution in [3.8, 4) is 0 Å². The summed E-state index contributed by atoms with van der Waals surface area (Å²) in [7, 11) is 0. The summed E-state index contributed by atoms with van der Waals surface area (Å²) in [6, 6.07) is 3.84. The lowest BCUT2D eigenvalue weighted by molar-refractivity contribution is -0.137. The number of halogens is 3. The van der Waals surface area contributed by atoms with Gasteiger partial charge in [-0.25, -0.2) is 0 Å². The number of hydrogen-bond donors (Lipinski definition) is 2. The molecule has 0 aliphatic carbocycles. The number of ether oxygens (including phenoxy) is 1. The molecule has 8 heteroatoms. The van der Waals surface area contributed by atoms with Gasteiger partial charge in [0.25, 0.3) is 5.91 Å². The van der Waals surface area contributed by atoms with E-state index in [1.54, 1.807) is 0 Å². The maximum atomic E-state index is 12.5. The molecule has 1 saturated heterocycles. The van der Waals surface area contributed by atoms with Crippen molar-refractivity contribution in [2.45, 2.75) is 45.0 Å². The van der Waals surface area contributed by atoms with Crippen molar-refractivity contribution >= 4 is 11.8 Å².